The molecule has 0 saturated carbocycles. The molecule has 0 aromatic carbocycles. The normalized spacial score (nSPS) is 36.8. The molecule has 0 bridgehead atoms. The molecule has 0 aliphatic carbocycles. The van der Waals surface area contributed by atoms with Crippen molar-refractivity contribution in [2.75, 3.05) is 26.9 Å². The van der Waals surface area contributed by atoms with Gasteiger partial charge in [0, 0.05) is 26.9 Å². The van der Waals surface area contributed by atoms with Crippen LogP contribution in [0.25, 0.3) is 0 Å². The Morgan fingerprint density at radius 3 is 1.83 bits per heavy atom. The van der Waals surface area contributed by atoms with Crippen molar-refractivity contribution >= 4 is 0 Å². The van der Waals surface area contributed by atoms with Crippen LogP contribution < -0.4 is 0 Å². The molecule has 5 heteroatoms. The summed E-state index contributed by atoms with van der Waals surface area (Å²) in [5.74, 6) is 0. The van der Waals surface area contributed by atoms with Crippen LogP contribution >= 0.6 is 0 Å². The van der Waals surface area contributed by atoms with Gasteiger partial charge in [-0.1, -0.05) is 0 Å². The fourth-order valence-electron chi connectivity index (χ4n) is 2.34. The maximum absolute atomic E-state index is 5.81. The van der Waals surface area contributed by atoms with Crippen LogP contribution in [0.1, 0.15) is 27.7 Å². The SMILES string of the molecule is CCO[C@@H]1[C@@H](OCC)[C@@H](OCC)C(OC)O[C@H]1C. The van der Waals surface area contributed by atoms with Crippen LogP contribution in [0.3, 0.4) is 0 Å². The lowest BCUT2D eigenvalue weighted by molar-refractivity contribution is -0.307. The van der Waals surface area contributed by atoms with Gasteiger partial charge in [-0.15, -0.1) is 0 Å². The molecule has 1 saturated heterocycles. The summed E-state index contributed by atoms with van der Waals surface area (Å²) in [5.41, 5.74) is 0. The summed E-state index contributed by atoms with van der Waals surface area (Å²) in [6.45, 7) is 9.68. The van der Waals surface area contributed by atoms with Crippen LogP contribution in [0.4, 0.5) is 0 Å². The summed E-state index contributed by atoms with van der Waals surface area (Å²) in [6.07, 6.45) is -1.04. The minimum atomic E-state index is -0.409. The smallest absolute Gasteiger partial charge is 0.186 e. The van der Waals surface area contributed by atoms with E-state index >= 15 is 0 Å². The standard InChI is InChI=1S/C13H26O5/c1-6-15-10-9(4)18-13(14-5)12(17-8-3)11(10)16-7-2/h9-13H,6-8H2,1-5H3/t9-,10-,11+,12+,13?/m0/s1. The van der Waals surface area contributed by atoms with Crippen LogP contribution in [-0.4, -0.2) is 57.6 Å². The van der Waals surface area contributed by atoms with E-state index in [4.69, 9.17) is 23.7 Å². The molecule has 1 rings (SSSR count). The van der Waals surface area contributed by atoms with Gasteiger partial charge in [0.05, 0.1) is 6.10 Å². The van der Waals surface area contributed by atoms with Crippen molar-refractivity contribution in [1.29, 1.82) is 0 Å². The van der Waals surface area contributed by atoms with Gasteiger partial charge in [0.15, 0.2) is 6.29 Å². The van der Waals surface area contributed by atoms with Crippen molar-refractivity contribution in [3.05, 3.63) is 0 Å². The molecular weight excluding hydrogens is 236 g/mol. The highest BCUT2D eigenvalue weighted by atomic mass is 16.7. The Morgan fingerprint density at radius 2 is 1.33 bits per heavy atom. The molecular formula is C13H26O5. The number of hydrogen-bond donors (Lipinski definition) is 0. The largest absolute Gasteiger partial charge is 0.373 e. The summed E-state index contributed by atoms with van der Waals surface area (Å²) in [5, 5.41) is 0. The Labute approximate surface area is 110 Å². The Morgan fingerprint density at radius 1 is 0.833 bits per heavy atom. The summed E-state index contributed by atoms with van der Waals surface area (Å²) in [4.78, 5) is 0. The zero-order valence-electron chi connectivity index (χ0n) is 12.0. The summed E-state index contributed by atoms with van der Waals surface area (Å²) in [6, 6.07) is 0. The van der Waals surface area contributed by atoms with Crippen molar-refractivity contribution in [1.82, 2.24) is 0 Å². The van der Waals surface area contributed by atoms with E-state index in [9.17, 15) is 0 Å². The maximum atomic E-state index is 5.81. The van der Waals surface area contributed by atoms with E-state index in [1.165, 1.54) is 0 Å². The summed E-state index contributed by atoms with van der Waals surface area (Å²) >= 11 is 0. The number of methoxy groups -OCH3 is 1. The fraction of sp³-hybridized carbons (Fsp3) is 1.00. The van der Waals surface area contributed by atoms with Crippen molar-refractivity contribution in [2.45, 2.75) is 58.4 Å². The zero-order chi connectivity index (χ0) is 13.5. The van der Waals surface area contributed by atoms with Gasteiger partial charge in [0.1, 0.15) is 18.3 Å². The van der Waals surface area contributed by atoms with Crippen molar-refractivity contribution in [3.8, 4) is 0 Å². The van der Waals surface area contributed by atoms with Crippen molar-refractivity contribution in [2.24, 2.45) is 0 Å². The van der Waals surface area contributed by atoms with Crippen LogP contribution in [0.15, 0.2) is 0 Å². The first-order valence-electron chi connectivity index (χ1n) is 6.72. The van der Waals surface area contributed by atoms with E-state index in [2.05, 4.69) is 0 Å². The van der Waals surface area contributed by atoms with Gasteiger partial charge in [-0.25, -0.2) is 0 Å². The van der Waals surface area contributed by atoms with Gasteiger partial charge in [0.25, 0.3) is 0 Å². The third-order valence-electron chi connectivity index (χ3n) is 3.04. The maximum Gasteiger partial charge on any atom is 0.186 e. The first-order chi connectivity index (χ1) is 8.69. The summed E-state index contributed by atoms with van der Waals surface area (Å²) < 4.78 is 28.4. The molecule has 5 atom stereocenters. The van der Waals surface area contributed by atoms with E-state index in [-0.39, 0.29) is 24.4 Å². The lowest BCUT2D eigenvalue weighted by Crippen LogP contribution is -2.60. The number of hydrogen-bond acceptors (Lipinski definition) is 5. The average molecular weight is 262 g/mol. The predicted molar refractivity (Wildman–Crippen MR) is 67.6 cm³/mol. The molecule has 18 heavy (non-hydrogen) atoms. The first-order valence-corrected chi connectivity index (χ1v) is 6.72. The second kappa shape index (κ2) is 8.07. The lowest BCUT2D eigenvalue weighted by atomic mass is 9.99. The van der Waals surface area contributed by atoms with Crippen molar-refractivity contribution < 1.29 is 23.7 Å². The first kappa shape index (κ1) is 15.9. The molecule has 1 heterocycles. The monoisotopic (exact) mass is 262 g/mol. The lowest BCUT2D eigenvalue weighted by Gasteiger charge is -2.44. The van der Waals surface area contributed by atoms with Gasteiger partial charge >= 0.3 is 0 Å². The minimum Gasteiger partial charge on any atom is -0.373 e. The fourth-order valence-corrected chi connectivity index (χ4v) is 2.34. The van der Waals surface area contributed by atoms with E-state index < -0.39 is 6.29 Å². The second-order valence-corrected chi connectivity index (χ2v) is 4.21. The third-order valence-corrected chi connectivity index (χ3v) is 3.04. The van der Waals surface area contributed by atoms with E-state index in [1.807, 2.05) is 27.7 Å². The highest BCUT2D eigenvalue weighted by Crippen LogP contribution is 2.28. The van der Waals surface area contributed by atoms with Crippen LogP contribution in [0.2, 0.25) is 0 Å². The molecule has 1 unspecified atom stereocenters. The van der Waals surface area contributed by atoms with Gasteiger partial charge < -0.3 is 23.7 Å². The van der Waals surface area contributed by atoms with E-state index in [0.717, 1.165) is 0 Å². The van der Waals surface area contributed by atoms with Gasteiger partial charge in [-0.3, -0.25) is 0 Å². The highest BCUT2D eigenvalue weighted by Gasteiger charge is 2.46. The number of ether oxygens (including phenoxy) is 5. The highest BCUT2D eigenvalue weighted by molar-refractivity contribution is 4.91. The molecule has 108 valence electrons. The molecule has 1 aliphatic rings. The molecule has 0 aromatic rings. The quantitative estimate of drug-likeness (QED) is 0.697. The van der Waals surface area contributed by atoms with Crippen molar-refractivity contribution in [3.63, 3.8) is 0 Å². The van der Waals surface area contributed by atoms with Crippen LogP contribution in [0.5, 0.6) is 0 Å². The minimum absolute atomic E-state index is 0.0804. The molecule has 0 amide bonds. The average Bonchev–Trinajstić information content (AvgIpc) is 2.36. The molecule has 0 aromatic heterocycles. The molecule has 5 nitrogen and oxygen atoms in total. The molecule has 0 spiro atoms. The van der Waals surface area contributed by atoms with E-state index in [1.54, 1.807) is 7.11 Å². The molecule has 1 fully saturated rings. The van der Waals surface area contributed by atoms with Crippen LogP contribution in [0, 0.1) is 0 Å². The van der Waals surface area contributed by atoms with Gasteiger partial charge in [0.2, 0.25) is 0 Å². The van der Waals surface area contributed by atoms with E-state index in [0.29, 0.717) is 19.8 Å². The van der Waals surface area contributed by atoms with Gasteiger partial charge in [-0.2, -0.15) is 0 Å². The van der Waals surface area contributed by atoms with Gasteiger partial charge in [-0.05, 0) is 27.7 Å². The number of rotatable bonds is 7. The Kier molecular flexibility index (Phi) is 7.11. The molecule has 0 radical (unpaired) electrons. The third kappa shape index (κ3) is 3.65. The Bertz CT molecular complexity index is 223. The Hall–Kier alpha value is -0.200. The second-order valence-electron chi connectivity index (χ2n) is 4.21. The molecule has 0 N–H and O–H groups in total. The summed E-state index contributed by atoms with van der Waals surface area (Å²) in [7, 11) is 1.62. The molecule has 1 aliphatic heterocycles. The topological polar surface area (TPSA) is 46.2 Å². The predicted octanol–water partition coefficient (Wildman–Crippen LogP) is 1.59. The van der Waals surface area contributed by atoms with Crippen LogP contribution in [-0.2, 0) is 23.7 Å². The Balaban J connectivity index is 2.84. The zero-order valence-corrected chi connectivity index (χ0v) is 12.0.